The molecule has 1 heterocycles. The average Bonchev–Trinajstić information content (AvgIpc) is 2.63. The van der Waals surface area contributed by atoms with Crippen LogP contribution in [0.15, 0.2) is 30.5 Å². The number of para-hydroxylation sites is 2. The number of alkyl halides is 3. The van der Waals surface area contributed by atoms with Gasteiger partial charge < -0.3 is 9.64 Å². The van der Waals surface area contributed by atoms with Crippen molar-refractivity contribution in [2.75, 3.05) is 18.6 Å². The Hall–Kier alpha value is -2.91. The van der Waals surface area contributed by atoms with E-state index in [1.165, 1.54) is 30.1 Å². The molecule has 0 bridgehead atoms. The molecule has 1 aromatic heterocycles. The summed E-state index contributed by atoms with van der Waals surface area (Å²) in [5.74, 6) is -0.725. The maximum absolute atomic E-state index is 13.2. The Morgan fingerprint density at radius 3 is 2.59 bits per heavy atom. The molecule has 0 radical (unpaired) electrons. The molecule has 0 saturated carbocycles. The van der Waals surface area contributed by atoms with Crippen molar-refractivity contribution in [2.45, 2.75) is 32.4 Å². The number of anilines is 2. The van der Waals surface area contributed by atoms with Gasteiger partial charge >= 0.3 is 6.18 Å². The molecule has 0 N–H and O–H groups in total. The van der Waals surface area contributed by atoms with Crippen molar-refractivity contribution in [3.8, 4) is 5.88 Å². The van der Waals surface area contributed by atoms with Gasteiger partial charge in [-0.05, 0) is 12.5 Å². The average molecular weight is 384 g/mol. The van der Waals surface area contributed by atoms with Gasteiger partial charge in [0, 0.05) is 19.3 Å². The molecule has 1 aromatic carbocycles. The lowest BCUT2D eigenvalue weighted by Gasteiger charge is -2.19. The number of nitrogens with zero attached hydrogens (tertiary/aromatic N) is 4. The van der Waals surface area contributed by atoms with E-state index in [9.17, 15) is 23.3 Å². The predicted octanol–water partition coefficient (Wildman–Crippen LogP) is 4.74. The molecule has 0 fully saturated rings. The highest BCUT2D eigenvalue weighted by molar-refractivity contribution is 5.68. The van der Waals surface area contributed by atoms with Gasteiger partial charge in [-0.1, -0.05) is 31.9 Å². The van der Waals surface area contributed by atoms with Gasteiger partial charge in [0.15, 0.2) is 0 Å². The first-order valence-electron chi connectivity index (χ1n) is 8.30. The largest absolute Gasteiger partial charge is 0.477 e. The Bertz CT molecular complexity index is 799. The van der Waals surface area contributed by atoms with E-state index in [2.05, 4.69) is 9.97 Å². The molecule has 0 aliphatic heterocycles. The lowest BCUT2D eigenvalue weighted by molar-refractivity contribution is -0.384. The standard InChI is InChI=1S/C17H19F3N4O3/c1-3-4-7-10-27-15-12(17(18,19)20)11-21-16(22-15)23(2)13-8-5-6-9-14(13)24(25)26/h5-6,8-9,11H,3-4,7,10H2,1-2H3. The first-order chi connectivity index (χ1) is 12.8. The number of hydrogen-bond acceptors (Lipinski definition) is 6. The van der Waals surface area contributed by atoms with E-state index in [4.69, 9.17) is 4.74 Å². The van der Waals surface area contributed by atoms with Crippen molar-refractivity contribution >= 4 is 17.3 Å². The molecule has 2 aromatic rings. The molecule has 0 saturated heterocycles. The Kier molecular flexibility index (Phi) is 6.54. The lowest BCUT2D eigenvalue weighted by atomic mass is 10.2. The Morgan fingerprint density at radius 1 is 1.26 bits per heavy atom. The van der Waals surface area contributed by atoms with Crippen LogP contribution >= 0.6 is 0 Å². The molecular weight excluding hydrogens is 365 g/mol. The van der Waals surface area contributed by atoms with E-state index in [1.807, 2.05) is 6.92 Å². The summed E-state index contributed by atoms with van der Waals surface area (Å²) < 4.78 is 44.8. The second kappa shape index (κ2) is 8.65. The van der Waals surface area contributed by atoms with Crippen LogP contribution in [0.2, 0.25) is 0 Å². The van der Waals surface area contributed by atoms with Crippen molar-refractivity contribution in [3.05, 3.63) is 46.1 Å². The van der Waals surface area contributed by atoms with E-state index in [1.54, 1.807) is 6.07 Å². The zero-order chi connectivity index (χ0) is 20.0. The van der Waals surface area contributed by atoms with Crippen molar-refractivity contribution in [2.24, 2.45) is 0 Å². The summed E-state index contributed by atoms with van der Waals surface area (Å²) in [7, 11) is 1.44. The summed E-state index contributed by atoms with van der Waals surface area (Å²) in [4.78, 5) is 19.4. The van der Waals surface area contributed by atoms with Crippen molar-refractivity contribution in [1.29, 1.82) is 0 Å². The topological polar surface area (TPSA) is 81.4 Å². The second-order valence-corrected chi connectivity index (χ2v) is 5.75. The fourth-order valence-corrected chi connectivity index (χ4v) is 2.35. The number of halogens is 3. The molecule has 0 atom stereocenters. The molecule has 0 aliphatic carbocycles. The molecule has 0 amide bonds. The summed E-state index contributed by atoms with van der Waals surface area (Å²) in [6.45, 7) is 2.05. The quantitative estimate of drug-likeness (QED) is 0.371. The minimum Gasteiger partial charge on any atom is -0.477 e. The highest BCUT2D eigenvalue weighted by atomic mass is 19.4. The molecule has 10 heteroatoms. The van der Waals surface area contributed by atoms with Crippen LogP contribution in [-0.4, -0.2) is 28.5 Å². The van der Waals surface area contributed by atoms with E-state index in [-0.39, 0.29) is 23.9 Å². The monoisotopic (exact) mass is 384 g/mol. The molecular formula is C17H19F3N4O3. The van der Waals surface area contributed by atoms with Crippen LogP contribution in [0, 0.1) is 10.1 Å². The van der Waals surface area contributed by atoms with Gasteiger partial charge in [0.25, 0.3) is 5.69 Å². The van der Waals surface area contributed by atoms with Crippen LogP contribution in [0.25, 0.3) is 0 Å². The van der Waals surface area contributed by atoms with Gasteiger partial charge in [-0.2, -0.15) is 18.2 Å². The van der Waals surface area contributed by atoms with Gasteiger partial charge in [-0.3, -0.25) is 10.1 Å². The zero-order valence-electron chi connectivity index (χ0n) is 14.9. The SMILES string of the molecule is CCCCCOc1nc(N(C)c2ccccc2[N+](=O)[O-])ncc1C(F)(F)F. The second-order valence-electron chi connectivity index (χ2n) is 5.75. The maximum atomic E-state index is 13.2. The van der Waals surface area contributed by atoms with Crippen molar-refractivity contribution in [3.63, 3.8) is 0 Å². The fraction of sp³-hybridized carbons (Fsp3) is 0.412. The molecule has 7 nitrogen and oxygen atoms in total. The van der Waals surface area contributed by atoms with Crippen molar-refractivity contribution < 1.29 is 22.8 Å². The lowest BCUT2D eigenvalue weighted by Crippen LogP contribution is -2.18. The van der Waals surface area contributed by atoms with Crippen LogP contribution in [-0.2, 0) is 6.18 Å². The van der Waals surface area contributed by atoms with Gasteiger partial charge in [-0.15, -0.1) is 0 Å². The summed E-state index contributed by atoms with van der Waals surface area (Å²) in [5.41, 5.74) is -1.15. The third-order valence-corrected chi connectivity index (χ3v) is 3.77. The van der Waals surface area contributed by atoms with Gasteiger partial charge in [0.1, 0.15) is 11.3 Å². The number of unbranched alkanes of at least 4 members (excludes halogenated alkanes) is 2. The van der Waals surface area contributed by atoms with E-state index >= 15 is 0 Å². The summed E-state index contributed by atoms with van der Waals surface area (Å²) in [5, 5.41) is 11.2. The summed E-state index contributed by atoms with van der Waals surface area (Å²) >= 11 is 0. The van der Waals surface area contributed by atoms with Crippen LogP contribution in [0.3, 0.4) is 0 Å². The number of ether oxygens (including phenoxy) is 1. The third kappa shape index (κ3) is 5.05. The minimum atomic E-state index is -4.67. The zero-order valence-corrected chi connectivity index (χ0v) is 14.9. The van der Waals surface area contributed by atoms with E-state index < -0.39 is 22.5 Å². The van der Waals surface area contributed by atoms with Crippen LogP contribution in [0.4, 0.5) is 30.5 Å². The van der Waals surface area contributed by atoms with E-state index in [0.29, 0.717) is 12.6 Å². The summed E-state index contributed by atoms with van der Waals surface area (Å²) in [6, 6.07) is 5.81. The first-order valence-corrected chi connectivity index (χ1v) is 8.30. The van der Waals surface area contributed by atoms with Gasteiger partial charge in [0.05, 0.1) is 11.5 Å². The number of nitro benzene ring substituents is 1. The Morgan fingerprint density at radius 2 is 1.96 bits per heavy atom. The first kappa shape index (κ1) is 20.4. The minimum absolute atomic E-state index is 0.0859. The van der Waals surface area contributed by atoms with Crippen LogP contribution < -0.4 is 9.64 Å². The van der Waals surface area contributed by atoms with Crippen molar-refractivity contribution in [1.82, 2.24) is 9.97 Å². The van der Waals surface area contributed by atoms with Crippen LogP contribution in [0.1, 0.15) is 31.7 Å². The highest BCUT2D eigenvalue weighted by Crippen LogP contribution is 2.37. The number of hydrogen-bond donors (Lipinski definition) is 0. The number of nitro groups is 1. The van der Waals surface area contributed by atoms with Gasteiger partial charge in [-0.25, -0.2) is 4.98 Å². The molecule has 0 aliphatic rings. The maximum Gasteiger partial charge on any atom is 0.423 e. The predicted molar refractivity (Wildman–Crippen MR) is 93.2 cm³/mol. The third-order valence-electron chi connectivity index (χ3n) is 3.77. The Balaban J connectivity index is 2.38. The summed E-state index contributed by atoms with van der Waals surface area (Å²) in [6.07, 6.45) is -1.74. The molecule has 146 valence electrons. The molecule has 2 rings (SSSR count). The van der Waals surface area contributed by atoms with E-state index in [0.717, 1.165) is 12.8 Å². The normalized spacial score (nSPS) is 11.3. The molecule has 0 spiro atoms. The van der Waals surface area contributed by atoms with Crippen LogP contribution in [0.5, 0.6) is 5.88 Å². The number of benzene rings is 1. The fourth-order valence-electron chi connectivity index (χ4n) is 2.35. The number of rotatable bonds is 8. The molecule has 0 unspecified atom stereocenters. The number of aromatic nitrogens is 2. The smallest absolute Gasteiger partial charge is 0.423 e. The highest BCUT2D eigenvalue weighted by Gasteiger charge is 2.36. The van der Waals surface area contributed by atoms with Gasteiger partial charge in [0.2, 0.25) is 11.8 Å². The Labute approximate surface area is 154 Å². The molecule has 27 heavy (non-hydrogen) atoms.